The van der Waals surface area contributed by atoms with E-state index in [0.29, 0.717) is 19.3 Å². The second-order valence-corrected chi connectivity index (χ2v) is 23.4. The molecule has 0 aromatic heterocycles. The lowest BCUT2D eigenvalue weighted by molar-refractivity contribution is -0.167. The molecule has 0 aliphatic rings. The predicted molar refractivity (Wildman–Crippen MR) is 357 cm³/mol. The maximum Gasteiger partial charge on any atom is 0.306 e. The van der Waals surface area contributed by atoms with Gasteiger partial charge >= 0.3 is 17.9 Å². The van der Waals surface area contributed by atoms with Gasteiger partial charge in [0.2, 0.25) is 0 Å². The minimum atomic E-state index is -0.804. The average Bonchev–Trinajstić information content (AvgIpc) is 3.47. The SMILES string of the molecule is CC/C=C\C/C=C\C/C=C\C/C=C\C/C=C\CCCC(=O)OCC(COC(=O)CCCCCCCCCCCC/C=C\C/C=C\C/C=C\CCCCCCC)OC(=O)CCCCCCCCCCCCCCCCCCCCCCCC. The molecule has 6 nitrogen and oxygen atoms in total. The van der Waals surface area contributed by atoms with E-state index in [4.69, 9.17) is 14.2 Å². The van der Waals surface area contributed by atoms with Gasteiger partial charge in [0.05, 0.1) is 0 Å². The topological polar surface area (TPSA) is 78.9 Å². The van der Waals surface area contributed by atoms with Crippen molar-refractivity contribution < 1.29 is 28.6 Å². The molecule has 0 bridgehead atoms. The Morgan fingerprint density at radius 1 is 0.256 bits per heavy atom. The van der Waals surface area contributed by atoms with Crippen molar-refractivity contribution in [2.45, 2.75) is 354 Å². The highest BCUT2D eigenvalue weighted by molar-refractivity contribution is 5.71. The standard InChI is InChI=1S/C76H132O6/c1-4-7-10-13-16-19-22-25-28-31-33-35-37-38-39-41-42-45-48-51-54-57-60-63-66-69-75(78)81-72-73(71-80-74(77)68-65-62-59-56-53-50-47-44-30-27-24-21-18-15-12-9-6-3)82-76(79)70-67-64-61-58-55-52-49-46-43-40-36-34-32-29-26-23-20-17-14-11-8-5-2/h9,12,18,21-22,25,27,30-31,33,37-38,47,50,56,59,73H,4-8,10-11,13-17,19-20,23-24,26,28-29,32,34-36,39-46,48-49,51-55,57-58,60-72H2,1-3H3/b12-9-,21-18-,25-22-,30-27-,33-31-,38-37-,50-47-,59-56-. The highest BCUT2D eigenvalue weighted by atomic mass is 16.6. The molecule has 0 aliphatic heterocycles. The number of allylic oxidation sites excluding steroid dienone is 16. The van der Waals surface area contributed by atoms with Crippen LogP contribution in [0.25, 0.3) is 0 Å². The van der Waals surface area contributed by atoms with Crippen LogP contribution in [0.5, 0.6) is 0 Å². The fraction of sp³-hybridized carbons (Fsp3) is 0.750. The Bertz CT molecular complexity index is 1590. The summed E-state index contributed by atoms with van der Waals surface area (Å²) >= 11 is 0. The Balaban J connectivity index is 4.39. The minimum Gasteiger partial charge on any atom is -0.462 e. The molecule has 0 fully saturated rings. The molecule has 0 amide bonds. The van der Waals surface area contributed by atoms with Crippen molar-refractivity contribution in [2.24, 2.45) is 0 Å². The summed E-state index contributed by atoms with van der Waals surface area (Å²) in [5, 5.41) is 0. The molecule has 0 heterocycles. The van der Waals surface area contributed by atoms with Gasteiger partial charge in [0, 0.05) is 19.3 Å². The summed E-state index contributed by atoms with van der Waals surface area (Å²) in [5.41, 5.74) is 0. The minimum absolute atomic E-state index is 0.0949. The summed E-state index contributed by atoms with van der Waals surface area (Å²) in [4.78, 5) is 38.4. The third-order valence-corrected chi connectivity index (χ3v) is 15.3. The van der Waals surface area contributed by atoms with Gasteiger partial charge in [-0.05, 0) is 96.3 Å². The molecule has 1 atom stereocenters. The van der Waals surface area contributed by atoms with Crippen LogP contribution in [-0.2, 0) is 28.6 Å². The summed E-state index contributed by atoms with van der Waals surface area (Å²) < 4.78 is 16.9. The van der Waals surface area contributed by atoms with E-state index in [2.05, 4.69) is 118 Å². The van der Waals surface area contributed by atoms with Gasteiger partial charge in [-0.25, -0.2) is 0 Å². The van der Waals surface area contributed by atoms with Gasteiger partial charge in [-0.3, -0.25) is 14.4 Å². The fourth-order valence-corrected chi connectivity index (χ4v) is 10.1. The lowest BCUT2D eigenvalue weighted by Gasteiger charge is -2.18. The molecule has 0 saturated heterocycles. The van der Waals surface area contributed by atoms with E-state index < -0.39 is 6.10 Å². The first-order valence-electron chi connectivity index (χ1n) is 35.2. The Hall–Kier alpha value is -3.67. The molecule has 1 unspecified atom stereocenters. The molecule has 0 aromatic rings. The first-order valence-corrected chi connectivity index (χ1v) is 35.2. The zero-order valence-electron chi connectivity index (χ0n) is 54.2. The second kappa shape index (κ2) is 69.8. The first kappa shape index (κ1) is 78.3. The number of ether oxygens (including phenoxy) is 3. The lowest BCUT2D eigenvalue weighted by Crippen LogP contribution is -2.30. The number of hydrogen-bond donors (Lipinski definition) is 0. The van der Waals surface area contributed by atoms with Crippen LogP contribution in [0.4, 0.5) is 0 Å². The maximum absolute atomic E-state index is 13.0. The molecule has 0 spiro atoms. The van der Waals surface area contributed by atoms with Crippen molar-refractivity contribution in [3.8, 4) is 0 Å². The number of carbonyl (C=O) groups is 3. The Kier molecular flexibility index (Phi) is 66.7. The predicted octanol–water partition coefficient (Wildman–Crippen LogP) is 24.4. The van der Waals surface area contributed by atoms with Crippen molar-refractivity contribution in [1.82, 2.24) is 0 Å². The number of unbranched alkanes of at least 4 members (excludes halogenated alkanes) is 37. The number of hydrogen-bond acceptors (Lipinski definition) is 6. The maximum atomic E-state index is 13.0. The van der Waals surface area contributed by atoms with Crippen LogP contribution < -0.4 is 0 Å². The van der Waals surface area contributed by atoms with Crippen LogP contribution in [0.1, 0.15) is 348 Å². The Morgan fingerprint density at radius 2 is 0.488 bits per heavy atom. The van der Waals surface area contributed by atoms with Gasteiger partial charge in [0.25, 0.3) is 0 Å². The van der Waals surface area contributed by atoms with Crippen molar-refractivity contribution in [1.29, 1.82) is 0 Å². The van der Waals surface area contributed by atoms with Gasteiger partial charge in [-0.15, -0.1) is 0 Å². The van der Waals surface area contributed by atoms with E-state index in [9.17, 15) is 14.4 Å². The van der Waals surface area contributed by atoms with Gasteiger partial charge in [-0.2, -0.15) is 0 Å². The van der Waals surface area contributed by atoms with Crippen LogP contribution >= 0.6 is 0 Å². The average molecular weight is 1140 g/mol. The van der Waals surface area contributed by atoms with E-state index in [0.717, 1.165) is 89.9 Å². The number of carbonyl (C=O) groups excluding carboxylic acids is 3. The van der Waals surface area contributed by atoms with Crippen LogP contribution in [0.2, 0.25) is 0 Å². The monoisotopic (exact) mass is 1140 g/mol. The van der Waals surface area contributed by atoms with Crippen molar-refractivity contribution >= 4 is 17.9 Å². The summed E-state index contributed by atoms with van der Waals surface area (Å²) in [6.45, 7) is 6.51. The highest BCUT2D eigenvalue weighted by Crippen LogP contribution is 2.18. The van der Waals surface area contributed by atoms with E-state index in [1.165, 1.54) is 212 Å². The van der Waals surface area contributed by atoms with E-state index >= 15 is 0 Å². The molecule has 0 saturated carbocycles. The summed E-state index contributed by atoms with van der Waals surface area (Å²) in [6.07, 6.45) is 94.4. The summed E-state index contributed by atoms with van der Waals surface area (Å²) in [5.74, 6) is -0.942. The molecule has 0 aromatic carbocycles. The van der Waals surface area contributed by atoms with E-state index in [1.54, 1.807) is 0 Å². The smallest absolute Gasteiger partial charge is 0.306 e. The molecule has 0 rings (SSSR count). The number of rotatable bonds is 64. The third kappa shape index (κ3) is 67.1. The Labute approximate surface area is 508 Å². The van der Waals surface area contributed by atoms with Crippen molar-refractivity contribution in [3.63, 3.8) is 0 Å². The van der Waals surface area contributed by atoms with E-state index in [1.807, 2.05) is 0 Å². The molecule has 6 heteroatoms. The molecular formula is C76H132O6. The summed E-state index contributed by atoms with van der Waals surface area (Å²) in [6, 6.07) is 0. The molecule has 0 N–H and O–H groups in total. The van der Waals surface area contributed by atoms with Crippen LogP contribution in [0, 0.1) is 0 Å². The van der Waals surface area contributed by atoms with Gasteiger partial charge in [0.1, 0.15) is 13.2 Å². The molecule has 472 valence electrons. The second-order valence-electron chi connectivity index (χ2n) is 23.4. The first-order chi connectivity index (χ1) is 40.5. The van der Waals surface area contributed by atoms with Crippen LogP contribution in [-0.4, -0.2) is 37.2 Å². The molecule has 0 radical (unpaired) electrons. The fourth-order valence-electron chi connectivity index (χ4n) is 10.1. The number of esters is 3. The molecule has 0 aliphatic carbocycles. The summed E-state index contributed by atoms with van der Waals surface area (Å²) in [7, 11) is 0. The van der Waals surface area contributed by atoms with Crippen LogP contribution in [0.3, 0.4) is 0 Å². The van der Waals surface area contributed by atoms with Gasteiger partial charge in [-0.1, -0.05) is 330 Å². The zero-order chi connectivity index (χ0) is 59.2. The zero-order valence-corrected chi connectivity index (χ0v) is 54.2. The normalized spacial score (nSPS) is 12.7. The quantitative estimate of drug-likeness (QED) is 0.0261. The molecule has 82 heavy (non-hydrogen) atoms. The van der Waals surface area contributed by atoms with E-state index in [-0.39, 0.29) is 37.5 Å². The lowest BCUT2D eigenvalue weighted by atomic mass is 10.0. The van der Waals surface area contributed by atoms with Gasteiger partial charge < -0.3 is 14.2 Å². The third-order valence-electron chi connectivity index (χ3n) is 15.3. The van der Waals surface area contributed by atoms with Crippen LogP contribution in [0.15, 0.2) is 97.2 Å². The van der Waals surface area contributed by atoms with Crippen molar-refractivity contribution in [2.75, 3.05) is 13.2 Å². The molecular weight excluding hydrogens is 1010 g/mol. The van der Waals surface area contributed by atoms with Crippen molar-refractivity contribution in [3.05, 3.63) is 97.2 Å². The highest BCUT2D eigenvalue weighted by Gasteiger charge is 2.19. The largest absolute Gasteiger partial charge is 0.462 e. The Morgan fingerprint density at radius 3 is 0.793 bits per heavy atom. The van der Waals surface area contributed by atoms with Gasteiger partial charge in [0.15, 0.2) is 6.10 Å².